The van der Waals surface area contributed by atoms with E-state index in [4.69, 9.17) is 9.47 Å². The van der Waals surface area contributed by atoms with Gasteiger partial charge in [-0.15, -0.1) is 24.0 Å². The lowest BCUT2D eigenvalue weighted by Crippen LogP contribution is -2.63. The highest BCUT2D eigenvalue weighted by Crippen LogP contribution is 2.15. The first-order valence-corrected chi connectivity index (χ1v) is 8.26. The lowest BCUT2D eigenvalue weighted by molar-refractivity contribution is -0.144. The zero-order valence-corrected chi connectivity index (χ0v) is 18.2. The minimum atomic E-state index is -0.490. The van der Waals surface area contributed by atoms with Crippen LogP contribution >= 0.6 is 24.0 Å². The first kappa shape index (κ1) is 23.7. The quantitative estimate of drug-likeness (QED) is 0.275. The Bertz CT molecular complexity index is 473. The number of ether oxygens (including phenoxy) is 2. The molecule has 1 atom stereocenters. The van der Waals surface area contributed by atoms with Crippen molar-refractivity contribution < 1.29 is 19.1 Å². The highest BCUT2D eigenvalue weighted by molar-refractivity contribution is 14.0. The summed E-state index contributed by atoms with van der Waals surface area (Å²) < 4.78 is 10.0. The molecule has 1 heterocycles. The molecular weight excluding hydrogens is 439 g/mol. The molecule has 1 saturated heterocycles. The third-order valence-electron chi connectivity index (χ3n) is 3.35. The zero-order chi connectivity index (χ0) is 18.3. The van der Waals surface area contributed by atoms with Gasteiger partial charge in [0.25, 0.3) is 0 Å². The Balaban J connectivity index is 0.00000576. The highest BCUT2D eigenvalue weighted by atomic mass is 127. The average molecular weight is 470 g/mol. The molecule has 0 aromatic heterocycles. The van der Waals surface area contributed by atoms with Crippen LogP contribution in [0, 0.1) is 5.92 Å². The third kappa shape index (κ3) is 8.59. The molecule has 0 spiro atoms. The second-order valence-electron chi connectivity index (χ2n) is 6.87. The Kier molecular flexibility index (Phi) is 10.1. The van der Waals surface area contributed by atoms with Crippen LogP contribution in [0.25, 0.3) is 0 Å². The van der Waals surface area contributed by atoms with Gasteiger partial charge in [-0.3, -0.25) is 9.79 Å². The van der Waals surface area contributed by atoms with Crippen LogP contribution in [0.5, 0.6) is 0 Å². The van der Waals surface area contributed by atoms with Crippen molar-refractivity contribution in [2.24, 2.45) is 10.9 Å². The summed E-state index contributed by atoms with van der Waals surface area (Å²) >= 11 is 0. The number of nitrogens with zero attached hydrogens (tertiary/aromatic N) is 2. The number of nitrogens with one attached hydrogen (secondary N) is 2. The monoisotopic (exact) mass is 470 g/mol. The molecule has 0 aliphatic carbocycles. The molecule has 0 aromatic carbocycles. The van der Waals surface area contributed by atoms with E-state index in [-0.39, 0.29) is 48.0 Å². The number of guanidine groups is 1. The minimum absolute atomic E-state index is 0. The molecule has 25 heavy (non-hydrogen) atoms. The Labute approximate surface area is 167 Å². The van der Waals surface area contributed by atoms with Gasteiger partial charge in [-0.2, -0.15) is 0 Å². The smallest absolute Gasteiger partial charge is 0.410 e. The molecular formula is C16H31IN4O4. The molecule has 1 aliphatic rings. The second kappa shape index (κ2) is 10.7. The summed E-state index contributed by atoms with van der Waals surface area (Å²) in [5.74, 6) is 0.0431. The molecule has 9 heteroatoms. The van der Waals surface area contributed by atoms with E-state index in [9.17, 15) is 9.59 Å². The molecule has 0 aromatic rings. The molecule has 0 saturated carbocycles. The maximum Gasteiger partial charge on any atom is 0.410 e. The number of hydrogen-bond acceptors (Lipinski definition) is 5. The van der Waals surface area contributed by atoms with E-state index < -0.39 is 5.60 Å². The van der Waals surface area contributed by atoms with Crippen molar-refractivity contribution in [1.29, 1.82) is 0 Å². The number of carbonyl (C=O) groups excluding carboxylic acids is 2. The van der Waals surface area contributed by atoms with Crippen molar-refractivity contribution >= 4 is 42.0 Å². The predicted octanol–water partition coefficient (Wildman–Crippen LogP) is 1.59. The van der Waals surface area contributed by atoms with Crippen LogP contribution in [-0.2, 0) is 14.3 Å². The summed E-state index contributed by atoms with van der Waals surface area (Å²) in [5.41, 5.74) is -0.490. The van der Waals surface area contributed by atoms with E-state index in [0.29, 0.717) is 32.1 Å². The Hall–Kier alpha value is -1.26. The van der Waals surface area contributed by atoms with Crippen molar-refractivity contribution in [3.63, 3.8) is 0 Å². The normalized spacial score (nSPS) is 16.2. The van der Waals surface area contributed by atoms with Crippen LogP contribution < -0.4 is 10.6 Å². The van der Waals surface area contributed by atoms with Crippen molar-refractivity contribution in [2.75, 3.05) is 33.3 Å². The number of halogens is 1. The third-order valence-corrected chi connectivity index (χ3v) is 3.35. The fraction of sp³-hybridized carbons (Fsp3) is 0.812. The second-order valence-corrected chi connectivity index (χ2v) is 6.87. The van der Waals surface area contributed by atoms with Gasteiger partial charge in [0, 0.05) is 19.6 Å². The van der Waals surface area contributed by atoms with Gasteiger partial charge >= 0.3 is 12.1 Å². The fourth-order valence-corrected chi connectivity index (χ4v) is 2.06. The standard InChI is InChI=1S/C16H30N4O4.HI/c1-7-17-14(18-8-11(2)13(21)23-6)19-12-9-20(10-12)15(22)24-16(3,4)5;/h11-12H,7-10H2,1-6H3,(H2,17,18,19);1H. The molecule has 8 nitrogen and oxygen atoms in total. The number of carbonyl (C=O) groups is 2. The van der Waals surface area contributed by atoms with Gasteiger partial charge in [-0.25, -0.2) is 4.79 Å². The van der Waals surface area contributed by atoms with Crippen LogP contribution in [0.15, 0.2) is 4.99 Å². The number of methoxy groups -OCH3 is 1. The molecule has 1 rings (SSSR count). The largest absolute Gasteiger partial charge is 0.469 e. The average Bonchev–Trinajstić information content (AvgIpc) is 2.44. The van der Waals surface area contributed by atoms with Gasteiger partial charge in [0.2, 0.25) is 0 Å². The summed E-state index contributed by atoms with van der Waals surface area (Å²) in [7, 11) is 1.37. The fourth-order valence-electron chi connectivity index (χ4n) is 2.06. The molecule has 2 N–H and O–H groups in total. The first-order valence-electron chi connectivity index (χ1n) is 8.26. The minimum Gasteiger partial charge on any atom is -0.469 e. The van der Waals surface area contributed by atoms with Gasteiger partial charge < -0.3 is 25.0 Å². The Morgan fingerprint density at radius 2 is 1.92 bits per heavy atom. The van der Waals surface area contributed by atoms with E-state index >= 15 is 0 Å². The lowest BCUT2D eigenvalue weighted by atomic mass is 10.1. The number of aliphatic imine (C=N–C) groups is 1. The Morgan fingerprint density at radius 1 is 1.32 bits per heavy atom. The summed E-state index contributed by atoms with van der Waals surface area (Å²) in [6.07, 6.45) is -0.304. The highest BCUT2D eigenvalue weighted by Gasteiger charge is 2.34. The summed E-state index contributed by atoms with van der Waals surface area (Å²) in [6.45, 7) is 11.4. The lowest BCUT2D eigenvalue weighted by Gasteiger charge is -2.40. The van der Waals surface area contributed by atoms with E-state index in [2.05, 4.69) is 15.6 Å². The maximum atomic E-state index is 11.9. The maximum absolute atomic E-state index is 11.9. The number of likely N-dealkylation sites (tertiary alicyclic amines) is 1. The number of hydrogen-bond donors (Lipinski definition) is 2. The van der Waals surface area contributed by atoms with Crippen molar-refractivity contribution in [2.45, 2.75) is 46.3 Å². The topological polar surface area (TPSA) is 92.3 Å². The molecule has 1 aliphatic heterocycles. The summed E-state index contributed by atoms with van der Waals surface area (Å²) in [6, 6.07) is 0.115. The molecule has 1 fully saturated rings. The van der Waals surface area contributed by atoms with Crippen LogP contribution in [0.1, 0.15) is 34.6 Å². The van der Waals surface area contributed by atoms with Gasteiger partial charge in [-0.1, -0.05) is 6.92 Å². The van der Waals surface area contributed by atoms with Gasteiger partial charge in [0.15, 0.2) is 5.96 Å². The first-order chi connectivity index (χ1) is 11.2. The zero-order valence-electron chi connectivity index (χ0n) is 15.9. The van der Waals surface area contributed by atoms with Crippen LogP contribution in [0.2, 0.25) is 0 Å². The van der Waals surface area contributed by atoms with E-state index in [0.717, 1.165) is 0 Å². The number of esters is 1. The van der Waals surface area contributed by atoms with E-state index in [1.807, 2.05) is 27.7 Å². The van der Waals surface area contributed by atoms with Crippen molar-refractivity contribution in [3.05, 3.63) is 0 Å². The predicted molar refractivity (Wildman–Crippen MR) is 107 cm³/mol. The number of amides is 1. The van der Waals surface area contributed by atoms with Gasteiger partial charge in [0.05, 0.1) is 25.6 Å². The molecule has 0 radical (unpaired) electrons. The van der Waals surface area contributed by atoms with Crippen molar-refractivity contribution in [3.8, 4) is 0 Å². The van der Waals surface area contributed by atoms with Gasteiger partial charge in [-0.05, 0) is 27.7 Å². The van der Waals surface area contributed by atoms with Crippen LogP contribution in [0.4, 0.5) is 4.79 Å². The Morgan fingerprint density at radius 3 is 2.40 bits per heavy atom. The van der Waals surface area contributed by atoms with Crippen LogP contribution in [-0.4, -0.2) is 67.9 Å². The summed E-state index contributed by atoms with van der Waals surface area (Å²) in [5, 5.41) is 6.38. The SMILES string of the molecule is CCNC(=NCC(C)C(=O)OC)NC1CN(C(=O)OC(C)(C)C)C1.I. The van der Waals surface area contributed by atoms with E-state index in [1.165, 1.54) is 7.11 Å². The van der Waals surface area contributed by atoms with E-state index in [1.54, 1.807) is 11.8 Å². The summed E-state index contributed by atoms with van der Waals surface area (Å²) in [4.78, 5) is 29.3. The van der Waals surface area contributed by atoms with Crippen LogP contribution in [0.3, 0.4) is 0 Å². The molecule has 0 bridgehead atoms. The van der Waals surface area contributed by atoms with Crippen molar-refractivity contribution in [1.82, 2.24) is 15.5 Å². The molecule has 1 amide bonds. The van der Waals surface area contributed by atoms with Gasteiger partial charge in [0.1, 0.15) is 5.60 Å². The number of rotatable bonds is 5. The molecule has 1 unspecified atom stereocenters. The molecule has 146 valence electrons.